The van der Waals surface area contributed by atoms with Crippen molar-refractivity contribution in [2.45, 2.75) is 0 Å². The lowest BCUT2D eigenvalue weighted by Crippen LogP contribution is -1.82. The highest BCUT2D eigenvalue weighted by Crippen LogP contribution is 2.14. The highest BCUT2D eigenvalue weighted by atomic mass is 16.4. The molecule has 1 aromatic heterocycles. The van der Waals surface area contributed by atoms with Gasteiger partial charge in [-0.3, -0.25) is 0 Å². The molecule has 0 saturated heterocycles. The van der Waals surface area contributed by atoms with Gasteiger partial charge in [0.2, 0.25) is 0 Å². The molecule has 0 unspecified atom stereocenters. The lowest BCUT2D eigenvalue weighted by molar-refractivity contribution is -0.131. The molecular formula is C11H12N2O2. The van der Waals surface area contributed by atoms with Crippen LogP contribution < -0.4 is 5.73 Å². The fraction of sp³-hybridized carbons (Fsp3) is 0. The molecule has 4 heteroatoms. The van der Waals surface area contributed by atoms with Gasteiger partial charge in [0.25, 0.3) is 0 Å². The van der Waals surface area contributed by atoms with Gasteiger partial charge in [-0.2, -0.15) is 0 Å². The summed E-state index contributed by atoms with van der Waals surface area (Å²) in [5.41, 5.74) is 6.63. The number of nitrogens with two attached hydrogens (primary N) is 1. The van der Waals surface area contributed by atoms with Crippen molar-refractivity contribution in [2.24, 2.45) is 0 Å². The molecule has 0 atom stereocenters. The van der Waals surface area contributed by atoms with Gasteiger partial charge in [0, 0.05) is 17.0 Å². The molecule has 0 aliphatic rings. The Morgan fingerprint density at radius 3 is 2.60 bits per heavy atom. The predicted molar refractivity (Wildman–Crippen MR) is 60.5 cm³/mol. The summed E-state index contributed by atoms with van der Waals surface area (Å²) in [6, 6.07) is 9.94. The summed E-state index contributed by atoms with van der Waals surface area (Å²) in [6.45, 7) is 2.96. The van der Waals surface area contributed by atoms with Crippen LogP contribution in [0.5, 0.6) is 0 Å². The van der Waals surface area contributed by atoms with Crippen molar-refractivity contribution in [3.05, 3.63) is 43.0 Å². The molecule has 0 radical (unpaired) electrons. The van der Waals surface area contributed by atoms with E-state index >= 15 is 0 Å². The molecule has 78 valence electrons. The third-order valence-electron chi connectivity index (χ3n) is 1.73. The lowest BCUT2D eigenvalue weighted by atomic mass is 10.3. The predicted octanol–water partition coefficient (Wildman–Crippen LogP) is 2.01. The van der Waals surface area contributed by atoms with Gasteiger partial charge in [0.05, 0.1) is 0 Å². The Balaban J connectivity index is 0.000000195. The molecule has 0 aliphatic carbocycles. The van der Waals surface area contributed by atoms with Crippen molar-refractivity contribution in [3.63, 3.8) is 0 Å². The highest BCUT2D eigenvalue weighted by Gasteiger charge is 1.92. The van der Waals surface area contributed by atoms with Gasteiger partial charge < -0.3 is 15.8 Å². The van der Waals surface area contributed by atoms with E-state index in [1.807, 2.05) is 30.3 Å². The Morgan fingerprint density at radius 2 is 2.07 bits per heavy atom. The third-order valence-corrected chi connectivity index (χ3v) is 1.73. The molecule has 0 aliphatic heterocycles. The molecule has 0 bridgehead atoms. The van der Waals surface area contributed by atoms with E-state index in [0.717, 1.165) is 17.4 Å². The van der Waals surface area contributed by atoms with Crippen LogP contribution in [0.4, 0.5) is 5.82 Å². The van der Waals surface area contributed by atoms with Crippen molar-refractivity contribution in [1.29, 1.82) is 0 Å². The summed E-state index contributed by atoms with van der Waals surface area (Å²) >= 11 is 0. The SMILES string of the molecule is C=CC(=O)O.Nc1cc2ccccc2[nH]1. The Morgan fingerprint density at radius 1 is 1.47 bits per heavy atom. The van der Waals surface area contributed by atoms with Crippen molar-refractivity contribution < 1.29 is 9.90 Å². The smallest absolute Gasteiger partial charge is 0.327 e. The van der Waals surface area contributed by atoms with Crippen LogP contribution >= 0.6 is 0 Å². The van der Waals surface area contributed by atoms with Gasteiger partial charge in [-0.05, 0) is 12.1 Å². The fourth-order valence-electron chi connectivity index (χ4n) is 1.10. The van der Waals surface area contributed by atoms with Crippen LogP contribution in [0.15, 0.2) is 43.0 Å². The second kappa shape index (κ2) is 4.85. The Hall–Kier alpha value is -2.23. The van der Waals surface area contributed by atoms with Crippen molar-refractivity contribution >= 4 is 22.7 Å². The van der Waals surface area contributed by atoms with Gasteiger partial charge in [0.1, 0.15) is 5.82 Å². The zero-order chi connectivity index (χ0) is 11.3. The second-order valence-electron chi connectivity index (χ2n) is 2.85. The average Bonchev–Trinajstić information content (AvgIpc) is 2.58. The van der Waals surface area contributed by atoms with Crippen LogP contribution in [0.2, 0.25) is 0 Å². The first-order valence-corrected chi connectivity index (χ1v) is 4.32. The fourth-order valence-corrected chi connectivity index (χ4v) is 1.10. The summed E-state index contributed by atoms with van der Waals surface area (Å²) in [6.07, 6.45) is 0.833. The molecule has 4 nitrogen and oxygen atoms in total. The van der Waals surface area contributed by atoms with E-state index < -0.39 is 5.97 Å². The average molecular weight is 204 g/mol. The number of fused-ring (bicyclic) bond motifs is 1. The molecule has 4 N–H and O–H groups in total. The standard InChI is InChI=1S/C8H8N2.C3H4O2/c9-8-5-6-3-1-2-4-7(6)10-8;1-2-3(4)5/h1-5,10H,9H2;2H,1H2,(H,4,5). The summed E-state index contributed by atoms with van der Waals surface area (Å²) in [5.74, 6) is -0.258. The van der Waals surface area contributed by atoms with E-state index in [1.165, 1.54) is 5.39 Å². The molecule has 0 saturated carbocycles. The first-order chi connectivity index (χ1) is 7.13. The minimum Gasteiger partial charge on any atom is -0.478 e. The second-order valence-corrected chi connectivity index (χ2v) is 2.85. The monoisotopic (exact) mass is 204 g/mol. The van der Waals surface area contributed by atoms with Gasteiger partial charge in [-0.15, -0.1) is 0 Å². The molecule has 1 aromatic carbocycles. The summed E-state index contributed by atoms with van der Waals surface area (Å²) in [5, 5.41) is 8.77. The maximum atomic E-state index is 9.25. The van der Waals surface area contributed by atoms with Crippen molar-refractivity contribution in [2.75, 3.05) is 5.73 Å². The minimum absolute atomic E-state index is 0.723. The highest BCUT2D eigenvalue weighted by molar-refractivity contribution is 5.83. The Bertz CT molecular complexity index is 441. The topological polar surface area (TPSA) is 79.1 Å². The number of nitrogens with one attached hydrogen (secondary N) is 1. The van der Waals surface area contributed by atoms with E-state index in [1.54, 1.807) is 0 Å². The van der Waals surface area contributed by atoms with Gasteiger partial charge in [-0.25, -0.2) is 4.79 Å². The van der Waals surface area contributed by atoms with Crippen LogP contribution in [0.1, 0.15) is 0 Å². The summed E-state index contributed by atoms with van der Waals surface area (Å²) < 4.78 is 0. The zero-order valence-electron chi connectivity index (χ0n) is 8.10. The number of carbonyl (C=O) groups is 1. The largest absolute Gasteiger partial charge is 0.478 e. The van der Waals surface area contributed by atoms with E-state index in [4.69, 9.17) is 10.8 Å². The van der Waals surface area contributed by atoms with Crippen LogP contribution in [-0.4, -0.2) is 16.1 Å². The van der Waals surface area contributed by atoms with Crippen molar-refractivity contribution in [1.82, 2.24) is 4.98 Å². The number of benzene rings is 1. The molecule has 0 spiro atoms. The maximum Gasteiger partial charge on any atom is 0.327 e. The number of rotatable bonds is 1. The first kappa shape index (κ1) is 10.8. The van der Waals surface area contributed by atoms with Crippen LogP contribution in [0, 0.1) is 0 Å². The number of aromatic nitrogens is 1. The van der Waals surface area contributed by atoms with Gasteiger partial charge in [0.15, 0.2) is 0 Å². The number of para-hydroxylation sites is 1. The number of nitrogen functional groups attached to an aromatic ring is 1. The zero-order valence-corrected chi connectivity index (χ0v) is 8.10. The number of anilines is 1. The van der Waals surface area contributed by atoms with Crippen molar-refractivity contribution in [3.8, 4) is 0 Å². The van der Waals surface area contributed by atoms with Gasteiger partial charge >= 0.3 is 5.97 Å². The number of hydrogen-bond donors (Lipinski definition) is 3. The molecular weight excluding hydrogens is 192 g/mol. The van der Waals surface area contributed by atoms with E-state index in [2.05, 4.69) is 11.6 Å². The molecule has 0 amide bonds. The third kappa shape index (κ3) is 3.19. The van der Waals surface area contributed by atoms with E-state index in [9.17, 15) is 4.79 Å². The Kier molecular flexibility index (Phi) is 3.51. The summed E-state index contributed by atoms with van der Waals surface area (Å²) in [7, 11) is 0. The molecule has 2 aromatic rings. The number of H-pyrrole nitrogens is 1. The minimum atomic E-state index is -0.981. The number of aliphatic carboxylic acids is 1. The number of aromatic amines is 1. The normalized spacial score (nSPS) is 9.07. The number of carboxylic acid groups (broad SMARTS) is 1. The lowest BCUT2D eigenvalue weighted by Gasteiger charge is -1.83. The first-order valence-electron chi connectivity index (χ1n) is 4.32. The van der Waals surface area contributed by atoms with Crippen LogP contribution in [0.25, 0.3) is 10.9 Å². The quantitative estimate of drug-likeness (QED) is 0.621. The summed E-state index contributed by atoms with van der Waals surface area (Å²) in [4.78, 5) is 12.3. The Labute approximate surface area is 87.0 Å². The molecule has 15 heavy (non-hydrogen) atoms. The molecule has 1 heterocycles. The maximum absolute atomic E-state index is 9.25. The van der Waals surface area contributed by atoms with E-state index in [0.29, 0.717) is 0 Å². The van der Waals surface area contributed by atoms with E-state index in [-0.39, 0.29) is 0 Å². The molecule has 0 fully saturated rings. The van der Waals surface area contributed by atoms with Gasteiger partial charge in [-0.1, -0.05) is 24.8 Å². The number of carboxylic acids is 1. The van der Waals surface area contributed by atoms with Crippen LogP contribution in [0.3, 0.4) is 0 Å². The molecule has 2 rings (SSSR count). The van der Waals surface area contributed by atoms with Crippen LogP contribution in [-0.2, 0) is 4.79 Å². The number of hydrogen-bond acceptors (Lipinski definition) is 2.